The van der Waals surface area contributed by atoms with Gasteiger partial charge in [-0.1, -0.05) is 31.1 Å². The predicted molar refractivity (Wildman–Crippen MR) is 123 cm³/mol. The van der Waals surface area contributed by atoms with Gasteiger partial charge in [-0.2, -0.15) is 5.10 Å². The van der Waals surface area contributed by atoms with Gasteiger partial charge in [0.2, 0.25) is 0 Å². The first-order chi connectivity index (χ1) is 16.0. The van der Waals surface area contributed by atoms with Gasteiger partial charge in [-0.05, 0) is 61.6 Å². The number of hydrogen-bond acceptors (Lipinski definition) is 3. The fraction of sp³-hybridized carbons (Fsp3) is 0.296. The average Bonchev–Trinajstić information content (AvgIpc) is 3.45. The van der Waals surface area contributed by atoms with Crippen LogP contribution in [0.2, 0.25) is 0 Å². The molecule has 0 saturated heterocycles. The van der Waals surface area contributed by atoms with Crippen LogP contribution in [0.3, 0.4) is 0 Å². The Morgan fingerprint density at radius 1 is 1.15 bits per heavy atom. The molecule has 0 aliphatic heterocycles. The Bertz CT molecular complexity index is 1390. The Labute approximate surface area is 191 Å². The molecule has 0 N–H and O–H groups in total. The monoisotopic (exact) mass is 438 g/mol. The molecule has 6 rings (SSSR count). The fourth-order valence-electron chi connectivity index (χ4n) is 6.13. The molecule has 2 aromatic heterocycles. The molecule has 4 aromatic rings. The van der Waals surface area contributed by atoms with E-state index in [9.17, 15) is 4.39 Å². The number of aromatic nitrogens is 3. The van der Waals surface area contributed by atoms with Gasteiger partial charge in [-0.15, -0.1) is 0 Å². The van der Waals surface area contributed by atoms with Crippen LogP contribution in [0.25, 0.3) is 21.8 Å². The summed E-state index contributed by atoms with van der Waals surface area (Å²) in [4.78, 5) is 3.53. The minimum Gasteiger partial charge on any atom is -0.361 e. The van der Waals surface area contributed by atoms with E-state index in [4.69, 9.17) is 16.2 Å². The van der Waals surface area contributed by atoms with Crippen molar-refractivity contribution in [3.05, 3.63) is 94.5 Å². The lowest BCUT2D eigenvalue weighted by molar-refractivity contribution is 0.170. The van der Waals surface area contributed by atoms with Crippen molar-refractivity contribution in [1.82, 2.24) is 14.9 Å². The van der Waals surface area contributed by atoms with Gasteiger partial charge in [-0.25, -0.2) is 13.9 Å². The van der Waals surface area contributed by atoms with E-state index in [0.29, 0.717) is 11.6 Å². The molecule has 2 heterocycles. The third kappa shape index (κ3) is 2.88. The summed E-state index contributed by atoms with van der Waals surface area (Å²) in [6, 6.07) is 14.2. The Balaban J connectivity index is 1.60. The van der Waals surface area contributed by atoms with Gasteiger partial charge in [-0.3, -0.25) is 0 Å². The lowest BCUT2D eigenvalue weighted by Crippen LogP contribution is -2.45. The van der Waals surface area contributed by atoms with Crippen LogP contribution in [0, 0.1) is 18.3 Å². The summed E-state index contributed by atoms with van der Waals surface area (Å²) < 4.78 is 21.3. The SMILES string of the molecule is [C-]#[N+]c1ccc(-n2nc(-c3ccc(F)cc3)c3c2[C@]2(C)Cc4cnoc4[C@H](C)[C@H]2CC3)cc1. The molecule has 2 aromatic carbocycles. The molecule has 0 saturated carbocycles. The highest BCUT2D eigenvalue weighted by atomic mass is 19.1. The van der Waals surface area contributed by atoms with E-state index < -0.39 is 0 Å². The van der Waals surface area contributed by atoms with Crippen molar-refractivity contribution in [2.24, 2.45) is 5.92 Å². The third-order valence-electron chi connectivity index (χ3n) is 7.64. The van der Waals surface area contributed by atoms with Gasteiger partial charge in [0.1, 0.15) is 11.6 Å². The standard InChI is InChI=1S/C27H23FN4O/c1-16-23-13-12-22-24(17-4-6-19(28)7-5-17)31-32(21-10-8-20(29-3)9-11-21)26(22)27(23,2)14-18-15-30-33-25(16)18/h4-11,15-16,23H,12-14H2,1-2H3/t16-,23-,27-/m1/s1. The van der Waals surface area contributed by atoms with Crippen LogP contribution >= 0.6 is 0 Å². The number of fused-ring (bicyclic) bond motifs is 4. The zero-order valence-electron chi connectivity index (χ0n) is 18.5. The second-order valence-corrected chi connectivity index (χ2v) is 9.47. The molecule has 0 fully saturated rings. The molecular weight excluding hydrogens is 415 g/mol. The molecule has 0 spiro atoms. The van der Waals surface area contributed by atoms with Crippen LogP contribution < -0.4 is 0 Å². The quantitative estimate of drug-likeness (QED) is 0.340. The normalized spacial score (nSPS) is 23.3. The van der Waals surface area contributed by atoms with Crippen molar-refractivity contribution < 1.29 is 8.91 Å². The fourth-order valence-corrected chi connectivity index (χ4v) is 6.13. The summed E-state index contributed by atoms with van der Waals surface area (Å²) in [5.74, 6) is 1.41. The van der Waals surface area contributed by atoms with E-state index in [2.05, 4.69) is 28.5 Å². The van der Waals surface area contributed by atoms with Crippen molar-refractivity contribution in [1.29, 1.82) is 0 Å². The van der Waals surface area contributed by atoms with Crippen molar-refractivity contribution in [2.45, 2.75) is 44.4 Å². The van der Waals surface area contributed by atoms with E-state index in [1.165, 1.54) is 23.4 Å². The van der Waals surface area contributed by atoms with E-state index in [1.54, 1.807) is 12.1 Å². The molecule has 0 unspecified atom stereocenters. The third-order valence-corrected chi connectivity index (χ3v) is 7.64. The second kappa shape index (κ2) is 7.14. The van der Waals surface area contributed by atoms with E-state index in [0.717, 1.165) is 47.5 Å². The molecule has 33 heavy (non-hydrogen) atoms. The van der Waals surface area contributed by atoms with Gasteiger partial charge < -0.3 is 4.52 Å². The van der Waals surface area contributed by atoms with Gasteiger partial charge >= 0.3 is 0 Å². The smallest absolute Gasteiger partial charge is 0.187 e. The summed E-state index contributed by atoms with van der Waals surface area (Å²) in [7, 11) is 0. The van der Waals surface area contributed by atoms with Crippen LogP contribution in [0.5, 0.6) is 0 Å². The Morgan fingerprint density at radius 2 is 1.91 bits per heavy atom. The summed E-state index contributed by atoms with van der Waals surface area (Å²) in [6.45, 7) is 11.9. The van der Waals surface area contributed by atoms with Gasteiger partial charge in [0, 0.05) is 28.0 Å². The molecule has 2 aliphatic rings. The summed E-state index contributed by atoms with van der Waals surface area (Å²) in [5.41, 5.74) is 6.78. The molecular formula is C27H23FN4O. The highest BCUT2D eigenvalue weighted by Gasteiger charge is 2.51. The topological polar surface area (TPSA) is 48.2 Å². The summed E-state index contributed by atoms with van der Waals surface area (Å²) >= 11 is 0. The molecule has 2 aliphatic carbocycles. The van der Waals surface area contributed by atoms with Crippen molar-refractivity contribution >= 4 is 5.69 Å². The highest BCUT2D eigenvalue weighted by Crippen LogP contribution is 2.55. The maximum Gasteiger partial charge on any atom is 0.187 e. The van der Waals surface area contributed by atoms with Gasteiger partial charge in [0.05, 0.1) is 29.8 Å². The van der Waals surface area contributed by atoms with Crippen LogP contribution in [0.1, 0.15) is 48.8 Å². The summed E-state index contributed by atoms with van der Waals surface area (Å²) in [5, 5.41) is 9.20. The Morgan fingerprint density at radius 3 is 2.64 bits per heavy atom. The second-order valence-electron chi connectivity index (χ2n) is 9.47. The number of nitrogens with zero attached hydrogens (tertiary/aromatic N) is 4. The Hall–Kier alpha value is -3.72. The number of rotatable bonds is 2. The van der Waals surface area contributed by atoms with Crippen LogP contribution in [0.15, 0.2) is 59.3 Å². The van der Waals surface area contributed by atoms with Crippen LogP contribution in [-0.2, 0) is 18.3 Å². The summed E-state index contributed by atoms with van der Waals surface area (Å²) in [6.07, 6.45) is 4.62. The average molecular weight is 439 g/mol. The first-order valence-corrected chi connectivity index (χ1v) is 11.3. The van der Waals surface area contributed by atoms with E-state index in [-0.39, 0.29) is 17.2 Å². The molecule has 0 bridgehead atoms. The lowest BCUT2D eigenvalue weighted by Gasteiger charge is -2.47. The molecule has 5 nitrogen and oxygen atoms in total. The Kier molecular flexibility index (Phi) is 4.31. The number of hydrogen-bond donors (Lipinski definition) is 0. The zero-order valence-corrected chi connectivity index (χ0v) is 18.5. The first kappa shape index (κ1) is 19.9. The van der Waals surface area contributed by atoms with Crippen molar-refractivity contribution in [2.75, 3.05) is 0 Å². The molecule has 3 atom stereocenters. The first-order valence-electron chi connectivity index (χ1n) is 11.3. The number of halogens is 1. The minimum absolute atomic E-state index is 0.157. The zero-order chi connectivity index (χ0) is 22.7. The predicted octanol–water partition coefficient (Wildman–Crippen LogP) is 6.40. The van der Waals surface area contributed by atoms with Gasteiger partial charge in [0.25, 0.3) is 0 Å². The largest absolute Gasteiger partial charge is 0.361 e. The van der Waals surface area contributed by atoms with Gasteiger partial charge in [0.15, 0.2) is 5.69 Å². The van der Waals surface area contributed by atoms with E-state index >= 15 is 0 Å². The van der Waals surface area contributed by atoms with Crippen molar-refractivity contribution in [3.63, 3.8) is 0 Å². The molecule has 6 heteroatoms. The molecule has 0 radical (unpaired) electrons. The maximum atomic E-state index is 13.7. The van der Waals surface area contributed by atoms with E-state index in [1.807, 2.05) is 30.5 Å². The lowest BCUT2D eigenvalue weighted by atomic mass is 9.56. The minimum atomic E-state index is -0.255. The van der Waals surface area contributed by atoms with Crippen LogP contribution in [0.4, 0.5) is 10.1 Å². The maximum absolute atomic E-state index is 13.7. The molecule has 164 valence electrons. The molecule has 0 amide bonds. The highest BCUT2D eigenvalue weighted by molar-refractivity contribution is 5.67. The van der Waals surface area contributed by atoms with Crippen molar-refractivity contribution in [3.8, 4) is 16.9 Å². The van der Waals surface area contributed by atoms with Crippen LogP contribution in [-0.4, -0.2) is 14.9 Å². The number of benzene rings is 2.